The highest BCUT2D eigenvalue weighted by Crippen LogP contribution is 2.38. The molecule has 70 heavy (non-hydrogen) atoms. The Hall–Kier alpha value is -3.41. The van der Waals surface area contributed by atoms with Gasteiger partial charge in [-0.1, -0.05) is 71.1 Å². The highest BCUT2D eigenvalue weighted by Gasteiger charge is 2.53. The molecule has 0 aromatic rings. The first-order valence-electron chi connectivity index (χ1n) is 25.9. The predicted molar refractivity (Wildman–Crippen MR) is 265 cm³/mol. The lowest BCUT2D eigenvalue weighted by Gasteiger charge is -2.43. The summed E-state index contributed by atoms with van der Waals surface area (Å²) in [5.74, 6) is -8.27. The second-order valence-corrected chi connectivity index (χ2v) is 21.7. The number of carbonyl (C=O) groups excluding carboxylic acids is 5. The van der Waals surface area contributed by atoms with Crippen LogP contribution in [0.4, 0.5) is 0 Å². The number of carbonyl (C=O) groups is 5. The Morgan fingerprint density at radius 2 is 1.60 bits per heavy atom. The Balaban J connectivity index is 1.74. The first-order valence-corrected chi connectivity index (χ1v) is 25.9. The minimum Gasteiger partial charge on any atom is -0.460 e. The second kappa shape index (κ2) is 27.0. The number of aliphatic hydroxyl groups is 4. The quantitative estimate of drug-likeness (QED) is 0.107. The summed E-state index contributed by atoms with van der Waals surface area (Å²) in [7, 11) is 2.94. The van der Waals surface area contributed by atoms with Crippen molar-refractivity contribution < 1.29 is 68.1 Å². The fraction of sp³-hybridized carbons (Fsp3) is 0.764. The zero-order valence-electron chi connectivity index (χ0n) is 44.0. The summed E-state index contributed by atoms with van der Waals surface area (Å²) < 4.78 is 30.3. The molecule has 1 aliphatic carbocycles. The highest BCUT2D eigenvalue weighted by molar-refractivity contribution is 6.39. The largest absolute Gasteiger partial charge is 0.460 e. The third-order valence-corrected chi connectivity index (χ3v) is 15.4. The third-order valence-electron chi connectivity index (χ3n) is 15.4. The topological polar surface area (TPSA) is 216 Å². The molecule has 0 radical (unpaired) electrons. The van der Waals surface area contributed by atoms with Crippen LogP contribution in [0.5, 0.6) is 0 Å². The van der Waals surface area contributed by atoms with Gasteiger partial charge >= 0.3 is 5.97 Å². The molecule has 1 amide bonds. The third kappa shape index (κ3) is 16.0. The Morgan fingerprint density at radius 3 is 2.27 bits per heavy atom. The fourth-order valence-electron chi connectivity index (χ4n) is 10.7. The van der Waals surface area contributed by atoms with Crippen molar-refractivity contribution in [3.8, 4) is 0 Å². The average Bonchev–Trinajstić information content (AvgIpc) is 3.31. The Kier molecular flexibility index (Phi) is 22.9. The molecule has 4 rings (SSSR count). The number of rotatable bonds is 9. The van der Waals surface area contributed by atoms with Crippen LogP contribution in [0.3, 0.4) is 0 Å². The van der Waals surface area contributed by atoms with Crippen LogP contribution in [0.2, 0.25) is 0 Å². The average molecular weight is 986 g/mol. The molecule has 4 aliphatic rings. The van der Waals surface area contributed by atoms with E-state index in [1.807, 2.05) is 65.0 Å². The summed E-state index contributed by atoms with van der Waals surface area (Å²) >= 11 is 0. The van der Waals surface area contributed by atoms with Crippen molar-refractivity contribution in [2.75, 3.05) is 27.4 Å². The highest BCUT2D eigenvalue weighted by atomic mass is 16.6. The van der Waals surface area contributed by atoms with Gasteiger partial charge in [-0.15, -0.1) is 0 Å². The van der Waals surface area contributed by atoms with E-state index in [-0.39, 0.29) is 67.8 Å². The summed E-state index contributed by atoms with van der Waals surface area (Å²) in [6.07, 6.45) is 10.8. The number of ketones is 3. The molecule has 15 nitrogen and oxygen atoms in total. The molecule has 396 valence electrons. The van der Waals surface area contributed by atoms with E-state index in [2.05, 4.69) is 0 Å². The lowest BCUT2D eigenvalue weighted by atomic mass is 9.78. The number of ether oxygens (including phenoxy) is 5. The Morgan fingerprint density at radius 1 is 0.886 bits per heavy atom. The number of hydrogen-bond donors (Lipinski definition) is 4. The molecule has 2 bridgehead atoms. The van der Waals surface area contributed by atoms with Gasteiger partial charge in [0.05, 0.1) is 30.0 Å². The van der Waals surface area contributed by atoms with Crippen LogP contribution in [0.1, 0.15) is 146 Å². The molecular weight excluding hydrogens is 899 g/mol. The fourth-order valence-corrected chi connectivity index (χ4v) is 10.7. The van der Waals surface area contributed by atoms with E-state index in [0.29, 0.717) is 69.8 Å². The molecule has 1 saturated carbocycles. The number of esters is 1. The van der Waals surface area contributed by atoms with Crippen molar-refractivity contribution >= 4 is 29.2 Å². The monoisotopic (exact) mass is 986 g/mol. The molecule has 3 aliphatic heterocycles. The van der Waals surface area contributed by atoms with Gasteiger partial charge in [-0.05, 0) is 127 Å². The van der Waals surface area contributed by atoms with Crippen molar-refractivity contribution in [2.24, 2.45) is 35.5 Å². The van der Waals surface area contributed by atoms with Crippen LogP contribution >= 0.6 is 0 Å². The van der Waals surface area contributed by atoms with Crippen LogP contribution < -0.4 is 0 Å². The van der Waals surface area contributed by atoms with Gasteiger partial charge in [0.1, 0.15) is 30.1 Å². The van der Waals surface area contributed by atoms with Crippen molar-refractivity contribution in [1.82, 2.24) is 4.90 Å². The van der Waals surface area contributed by atoms with Crippen LogP contribution in [0.25, 0.3) is 0 Å². The second-order valence-electron chi connectivity index (χ2n) is 21.7. The summed E-state index contributed by atoms with van der Waals surface area (Å²) in [6, 6.07) is -1.17. The molecule has 0 aromatic carbocycles. The van der Waals surface area contributed by atoms with E-state index in [9.17, 15) is 44.4 Å². The van der Waals surface area contributed by atoms with E-state index in [1.54, 1.807) is 40.9 Å². The number of aliphatic hydroxyl groups excluding tert-OH is 3. The minimum atomic E-state index is -2.49. The molecule has 3 heterocycles. The smallest absolute Gasteiger partial charge is 0.329 e. The number of allylic oxidation sites excluding steroid dienone is 6. The summed E-state index contributed by atoms with van der Waals surface area (Å²) in [5.41, 5.74) is 0.452. The van der Waals surface area contributed by atoms with Gasteiger partial charge in [0.15, 0.2) is 5.78 Å². The number of fused-ring (bicyclic) bond motifs is 3. The molecule has 4 N–H and O–H groups in total. The van der Waals surface area contributed by atoms with Gasteiger partial charge in [-0.25, -0.2) is 4.79 Å². The van der Waals surface area contributed by atoms with Crippen LogP contribution in [0, 0.1) is 35.5 Å². The van der Waals surface area contributed by atoms with E-state index in [1.165, 1.54) is 12.0 Å². The van der Waals surface area contributed by atoms with E-state index < -0.39 is 89.5 Å². The normalized spacial score (nSPS) is 38.6. The van der Waals surface area contributed by atoms with Crippen molar-refractivity contribution in [1.29, 1.82) is 0 Å². The number of piperidine rings is 1. The molecule has 15 heteroatoms. The first-order chi connectivity index (χ1) is 33.0. The van der Waals surface area contributed by atoms with Gasteiger partial charge in [-0.2, -0.15) is 0 Å². The summed E-state index contributed by atoms with van der Waals surface area (Å²) in [5, 5.41) is 44.0. The number of amides is 1. The summed E-state index contributed by atoms with van der Waals surface area (Å²) in [6.45, 7) is 16.3. The van der Waals surface area contributed by atoms with Crippen molar-refractivity contribution in [2.45, 2.75) is 206 Å². The summed E-state index contributed by atoms with van der Waals surface area (Å²) in [4.78, 5) is 72.4. The number of Topliss-reactive ketones (excluding diaryl/α,β-unsaturated/α-hetero) is 3. The number of hydrogen-bond acceptors (Lipinski definition) is 14. The molecule has 0 spiro atoms. The predicted octanol–water partition coefficient (Wildman–Crippen LogP) is 6.71. The van der Waals surface area contributed by atoms with Crippen molar-refractivity contribution in [3.63, 3.8) is 0 Å². The van der Waals surface area contributed by atoms with E-state index >= 15 is 0 Å². The lowest BCUT2D eigenvalue weighted by molar-refractivity contribution is -0.267. The van der Waals surface area contributed by atoms with Gasteiger partial charge in [0.2, 0.25) is 5.79 Å². The van der Waals surface area contributed by atoms with E-state index in [0.717, 1.165) is 5.57 Å². The number of methoxy groups -OCH3 is 2. The molecular formula is C55H87NO14. The molecule has 2 saturated heterocycles. The van der Waals surface area contributed by atoms with Gasteiger partial charge in [0.25, 0.3) is 11.7 Å². The zero-order valence-corrected chi connectivity index (χ0v) is 44.0. The maximum Gasteiger partial charge on any atom is 0.329 e. The van der Waals surface area contributed by atoms with Gasteiger partial charge in [-0.3, -0.25) is 19.2 Å². The van der Waals surface area contributed by atoms with Crippen LogP contribution in [-0.2, 0) is 47.7 Å². The van der Waals surface area contributed by atoms with Gasteiger partial charge in [0, 0.05) is 58.0 Å². The number of nitrogens with zero attached hydrogens (tertiary/aromatic N) is 1. The lowest BCUT2D eigenvalue weighted by Crippen LogP contribution is -2.61. The van der Waals surface area contributed by atoms with Crippen LogP contribution in [-0.4, -0.2) is 142 Å². The van der Waals surface area contributed by atoms with E-state index in [4.69, 9.17) is 23.7 Å². The Labute approximate surface area is 417 Å². The zero-order chi connectivity index (χ0) is 52.1. The van der Waals surface area contributed by atoms with Gasteiger partial charge < -0.3 is 49.0 Å². The Bertz CT molecular complexity index is 1890. The maximum absolute atomic E-state index is 14.5. The minimum absolute atomic E-state index is 0.0144. The maximum atomic E-state index is 14.5. The first kappa shape index (κ1) is 59.2. The SMILES string of the molecule is CO[C@@H]1C[C@H](C[C@@H](C)[C@@H]2CC(=O)[C@H](C)/C=C(\C)[C@@H](O)[C@@H](OC)C(=O)[C@H](C)C[C@H](C)/C=C/C=C/C=C(\C)C(OC(C)(C)CCO)C[C@@H]3CC[C@@H](C)[C@@](O)(O3)C(=O)C(=O)N3CCCC[C@H]3C(=O)O2)CC[C@H]1O. The molecule has 3 fully saturated rings. The molecule has 1 unspecified atom stereocenters. The van der Waals surface area contributed by atoms with Crippen LogP contribution in [0.15, 0.2) is 47.6 Å². The molecule has 15 atom stereocenters. The van der Waals surface area contributed by atoms with Crippen molar-refractivity contribution in [3.05, 3.63) is 47.6 Å². The standard InChI is InChI=1S/C55H87NO14/c1-33-17-13-12-14-18-34(2)46(70-54(8,9)24-26-57)31-41-22-20-39(7)55(65,69-41)51(62)52(63)56-25-16-15-19-42(56)53(64)68-45(36(4)29-40-21-23-43(58)47(30-40)66-10)32-44(59)35(3)28-38(6)49(61)50(67-11)48(60)37(5)27-33/h12-14,17-18,28,33,35-37,39-43,45-47,49-50,57-58,61,65H,15-16,19-27,29-32H2,1-11H3/b14-12+,17-13+,34-18+,38-28+/t33-,35-,36-,37-,39-,40+,41+,42+,43-,45+,46?,47-,49-,50+,55-/m1/s1. The number of cyclic esters (lactones) is 1. The molecule has 0 aromatic heterocycles.